The van der Waals surface area contributed by atoms with Gasteiger partial charge in [-0.25, -0.2) is 8.42 Å². The van der Waals surface area contributed by atoms with Gasteiger partial charge in [-0.05, 0) is 13.3 Å². The van der Waals surface area contributed by atoms with Crippen molar-refractivity contribution in [3.63, 3.8) is 0 Å². The van der Waals surface area contributed by atoms with Gasteiger partial charge in [0.15, 0.2) is 9.84 Å². The Labute approximate surface area is 122 Å². The zero-order valence-corrected chi connectivity index (χ0v) is 13.6. The van der Waals surface area contributed by atoms with Crippen LogP contribution in [0.3, 0.4) is 0 Å². The van der Waals surface area contributed by atoms with E-state index in [-0.39, 0.29) is 17.5 Å². The molecule has 1 saturated heterocycles. The van der Waals surface area contributed by atoms with Crippen LogP contribution in [0.4, 0.5) is 0 Å². The Morgan fingerprint density at radius 1 is 1.30 bits per heavy atom. The number of hydrogen-bond acceptors (Lipinski definition) is 6. The van der Waals surface area contributed by atoms with E-state index in [0.717, 1.165) is 19.5 Å². The molecule has 6 nitrogen and oxygen atoms in total. The predicted octanol–water partition coefficient (Wildman–Crippen LogP) is -0.254. The van der Waals surface area contributed by atoms with Gasteiger partial charge in [-0.2, -0.15) is 0 Å². The zero-order chi connectivity index (χ0) is 15.0. The van der Waals surface area contributed by atoms with Gasteiger partial charge in [-0.3, -0.25) is 4.90 Å². The van der Waals surface area contributed by atoms with Crippen LogP contribution in [0.1, 0.15) is 13.3 Å². The van der Waals surface area contributed by atoms with Crippen LogP contribution in [0, 0.1) is 0 Å². The molecule has 1 aliphatic heterocycles. The number of methoxy groups -OCH3 is 2. The van der Waals surface area contributed by atoms with E-state index in [1.54, 1.807) is 14.2 Å². The average Bonchev–Trinajstić information content (AvgIpc) is 2.38. The van der Waals surface area contributed by atoms with Gasteiger partial charge in [-0.1, -0.05) is 0 Å². The first-order valence-corrected chi connectivity index (χ1v) is 8.96. The maximum Gasteiger partial charge on any atom is 0.153 e. The summed E-state index contributed by atoms with van der Waals surface area (Å²) in [6, 6.07) is 0.365. The Morgan fingerprint density at radius 3 is 2.65 bits per heavy atom. The molecule has 120 valence electrons. The molecule has 2 unspecified atom stereocenters. The van der Waals surface area contributed by atoms with Gasteiger partial charge >= 0.3 is 0 Å². The fourth-order valence-corrected chi connectivity index (χ4v) is 3.98. The summed E-state index contributed by atoms with van der Waals surface area (Å²) in [5.41, 5.74) is 0. The molecular weight excluding hydrogens is 280 g/mol. The summed E-state index contributed by atoms with van der Waals surface area (Å²) in [4.78, 5) is 2.29. The fraction of sp³-hybridized carbons (Fsp3) is 1.00. The monoisotopic (exact) mass is 308 g/mol. The van der Waals surface area contributed by atoms with Crippen LogP contribution >= 0.6 is 0 Å². The quantitative estimate of drug-likeness (QED) is 0.633. The first-order valence-electron chi connectivity index (χ1n) is 7.14. The van der Waals surface area contributed by atoms with Crippen molar-refractivity contribution in [1.29, 1.82) is 0 Å². The van der Waals surface area contributed by atoms with Gasteiger partial charge in [0.1, 0.15) is 0 Å². The normalized spacial score (nSPS) is 23.9. The van der Waals surface area contributed by atoms with Crippen LogP contribution in [0.5, 0.6) is 0 Å². The topological polar surface area (TPSA) is 67.9 Å². The molecule has 2 atom stereocenters. The highest BCUT2D eigenvalue weighted by atomic mass is 32.2. The molecule has 1 heterocycles. The molecule has 0 saturated carbocycles. The number of ether oxygens (including phenoxy) is 2. The molecule has 0 spiro atoms. The van der Waals surface area contributed by atoms with E-state index < -0.39 is 9.84 Å². The Kier molecular flexibility index (Phi) is 7.98. The summed E-state index contributed by atoms with van der Waals surface area (Å²) in [5, 5.41) is 3.29. The third-order valence-corrected chi connectivity index (χ3v) is 5.42. The molecular formula is C13H28N2O4S. The van der Waals surface area contributed by atoms with Crippen molar-refractivity contribution in [1.82, 2.24) is 10.2 Å². The molecule has 0 aromatic heterocycles. The van der Waals surface area contributed by atoms with Crippen LogP contribution in [0.15, 0.2) is 0 Å². The molecule has 7 heteroatoms. The number of sulfone groups is 1. The van der Waals surface area contributed by atoms with Crippen LogP contribution < -0.4 is 5.32 Å². The van der Waals surface area contributed by atoms with Gasteiger partial charge in [0.25, 0.3) is 0 Å². The van der Waals surface area contributed by atoms with E-state index in [1.807, 2.05) is 0 Å². The van der Waals surface area contributed by atoms with Gasteiger partial charge < -0.3 is 14.8 Å². The Morgan fingerprint density at radius 2 is 2.05 bits per heavy atom. The third kappa shape index (κ3) is 6.49. The molecule has 20 heavy (non-hydrogen) atoms. The van der Waals surface area contributed by atoms with E-state index in [0.29, 0.717) is 25.8 Å². The van der Waals surface area contributed by atoms with E-state index in [1.165, 1.54) is 0 Å². The summed E-state index contributed by atoms with van der Waals surface area (Å²) in [6.07, 6.45) is 0.830. The Balaban J connectivity index is 2.44. The zero-order valence-electron chi connectivity index (χ0n) is 12.8. The van der Waals surface area contributed by atoms with Crippen molar-refractivity contribution in [2.75, 3.05) is 58.6 Å². The van der Waals surface area contributed by atoms with Crippen LogP contribution in [-0.4, -0.2) is 84.0 Å². The van der Waals surface area contributed by atoms with E-state index in [2.05, 4.69) is 17.1 Å². The van der Waals surface area contributed by atoms with Crippen molar-refractivity contribution in [3.05, 3.63) is 0 Å². The molecule has 0 radical (unpaired) electrons. The lowest BCUT2D eigenvalue weighted by molar-refractivity contribution is 0.0728. The second kappa shape index (κ2) is 8.94. The average molecular weight is 308 g/mol. The highest BCUT2D eigenvalue weighted by Gasteiger charge is 2.25. The molecule has 0 amide bonds. The fourth-order valence-electron chi connectivity index (χ4n) is 2.48. The van der Waals surface area contributed by atoms with Crippen molar-refractivity contribution >= 4 is 9.84 Å². The van der Waals surface area contributed by atoms with E-state index >= 15 is 0 Å². The predicted molar refractivity (Wildman–Crippen MR) is 79.8 cm³/mol. The molecule has 0 bridgehead atoms. The minimum Gasteiger partial charge on any atom is -0.383 e. The Hall–Kier alpha value is -0.210. The van der Waals surface area contributed by atoms with Gasteiger partial charge in [0, 0.05) is 45.9 Å². The number of nitrogens with zero attached hydrogens (tertiary/aromatic N) is 1. The molecule has 0 aromatic carbocycles. The van der Waals surface area contributed by atoms with Crippen molar-refractivity contribution in [3.8, 4) is 0 Å². The molecule has 0 aliphatic carbocycles. The smallest absolute Gasteiger partial charge is 0.153 e. The highest BCUT2D eigenvalue weighted by molar-refractivity contribution is 7.91. The number of hydrogen-bond donors (Lipinski definition) is 1. The molecule has 1 aliphatic rings. The summed E-state index contributed by atoms with van der Waals surface area (Å²) < 4.78 is 33.6. The lowest BCUT2D eigenvalue weighted by Gasteiger charge is -2.31. The summed E-state index contributed by atoms with van der Waals surface area (Å²) in [5.74, 6) is 0.515. The first-order chi connectivity index (χ1) is 9.48. The second-order valence-electron chi connectivity index (χ2n) is 5.39. The molecule has 1 rings (SSSR count). The van der Waals surface area contributed by atoms with Crippen molar-refractivity contribution in [2.24, 2.45) is 0 Å². The summed E-state index contributed by atoms with van der Waals surface area (Å²) in [7, 11) is 0.526. The maximum atomic E-state index is 11.6. The highest BCUT2D eigenvalue weighted by Crippen LogP contribution is 2.08. The summed E-state index contributed by atoms with van der Waals surface area (Å²) >= 11 is 0. The number of nitrogens with one attached hydrogen (secondary N) is 1. The molecule has 1 fully saturated rings. The summed E-state index contributed by atoms with van der Waals surface area (Å²) in [6.45, 7) is 5.70. The second-order valence-corrected chi connectivity index (χ2v) is 7.62. The molecule has 1 N–H and O–H groups in total. The maximum absolute atomic E-state index is 11.6. The minimum atomic E-state index is -2.86. The first kappa shape index (κ1) is 17.8. The lowest BCUT2D eigenvalue weighted by Crippen LogP contribution is -2.48. The minimum absolute atomic E-state index is 0.0635. The van der Waals surface area contributed by atoms with Crippen LogP contribution in [-0.2, 0) is 19.3 Å². The van der Waals surface area contributed by atoms with Gasteiger partial charge in [-0.15, -0.1) is 0 Å². The largest absolute Gasteiger partial charge is 0.383 e. The van der Waals surface area contributed by atoms with Crippen LogP contribution in [0.25, 0.3) is 0 Å². The van der Waals surface area contributed by atoms with Gasteiger partial charge in [0.2, 0.25) is 0 Å². The Bertz CT molecular complexity index is 361. The molecule has 0 aromatic rings. The van der Waals surface area contributed by atoms with Gasteiger partial charge in [0.05, 0.1) is 24.7 Å². The standard InChI is InChI=1S/C13H28N2O4S/c1-12(10-19-3)15(7-8-18-2)6-4-13-11-20(16,17)9-5-14-13/h12-14H,4-11H2,1-3H3. The third-order valence-electron chi connectivity index (χ3n) is 3.68. The SMILES string of the molecule is COCCN(CCC1CS(=O)(=O)CCN1)C(C)COC. The van der Waals surface area contributed by atoms with E-state index in [9.17, 15) is 8.42 Å². The lowest BCUT2D eigenvalue weighted by atomic mass is 10.2. The number of rotatable bonds is 9. The van der Waals surface area contributed by atoms with E-state index in [4.69, 9.17) is 9.47 Å². The van der Waals surface area contributed by atoms with Crippen molar-refractivity contribution < 1.29 is 17.9 Å². The van der Waals surface area contributed by atoms with Crippen molar-refractivity contribution in [2.45, 2.75) is 25.4 Å². The van der Waals surface area contributed by atoms with Crippen LogP contribution in [0.2, 0.25) is 0 Å².